The normalized spacial score (nSPS) is 10.5. The number of urea groups is 1. The molecule has 6 nitrogen and oxygen atoms in total. The third-order valence-corrected chi connectivity index (χ3v) is 3.58. The highest BCUT2D eigenvalue weighted by molar-refractivity contribution is 6.30. The second kappa shape index (κ2) is 6.72. The fourth-order valence-corrected chi connectivity index (χ4v) is 2.43. The lowest BCUT2D eigenvalue weighted by molar-refractivity contribution is 0.262. The van der Waals surface area contributed by atoms with E-state index in [2.05, 4.69) is 20.8 Å². The molecule has 0 saturated carbocycles. The van der Waals surface area contributed by atoms with Crippen LogP contribution in [0.2, 0.25) is 5.02 Å². The van der Waals surface area contributed by atoms with Crippen LogP contribution in [0.4, 0.5) is 16.2 Å². The number of carbonyl (C=O) groups excluding carboxylic acids is 1. The zero-order valence-corrected chi connectivity index (χ0v) is 13.9. The molecule has 2 N–H and O–H groups in total. The van der Waals surface area contributed by atoms with Gasteiger partial charge in [-0.05, 0) is 42.8 Å². The van der Waals surface area contributed by atoms with Crippen molar-refractivity contribution >= 4 is 29.0 Å². The molecule has 3 aromatic rings. The molecule has 0 radical (unpaired) electrons. The summed E-state index contributed by atoms with van der Waals surface area (Å²) in [6.45, 7) is 3.60. The maximum Gasteiger partial charge on any atom is 0.323 e. The number of benzene rings is 2. The van der Waals surface area contributed by atoms with Gasteiger partial charge in [-0.1, -0.05) is 28.9 Å². The van der Waals surface area contributed by atoms with Crippen LogP contribution in [0, 0.1) is 13.8 Å². The highest BCUT2D eigenvalue weighted by Gasteiger charge is 2.09. The van der Waals surface area contributed by atoms with Crippen LogP contribution in [0.3, 0.4) is 0 Å². The minimum Gasteiger partial charge on any atom is -0.339 e. The average molecular weight is 343 g/mol. The topological polar surface area (TPSA) is 80.0 Å². The Hall–Kier alpha value is -2.86. The molecule has 0 aliphatic heterocycles. The summed E-state index contributed by atoms with van der Waals surface area (Å²) in [5.74, 6) is 0.962. The predicted octanol–water partition coefficient (Wildman–Crippen LogP) is 4.65. The van der Waals surface area contributed by atoms with Crippen molar-refractivity contribution in [2.45, 2.75) is 13.8 Å². The minimum atomic E-state index is -0.345. The minimum absolute atomic E-state index is 0.345. The van der Waals surface area contributed by atoms with Gasteiger partial charge in [0.25, 0.3) is 0 Å². The molecule has 0 saturated heterocycles. The molecule has 0 fully saturated rings. The monoisotopic (exact) mass is 342 g/mol. The van der Waals surface area contributed by atoms with Gasteiger partial charge < -0.3 is 15.2 Å². The van der Waals surface area contributed by atoms with E-state index in [0.717, 1.165) is 11.1 Å². The molecule has 1 heterocycles. The van der Waals surface area contributed by atoms with Gasteiger partial charge in [0.15, 0.2) is 0 Å². The number of nitrogens with one attached hydrogen (secondary N) is 2. The van der Waals surface area contributed by atoms with Crippen molar-refractivity contribution in [1.29, 1.82) is 0 Å². The fraction of sp³-hybridized carbons (Fsp3) is 0.118. The van der Waals surface area contributed by atoms with Gasteiger partial charge >= 0.3 is 6.03 Å². The van der Waals surface area contributed by atoms with E-state index in [1.165, 1.54) is 0 Å². The van der Waals surface area contributed by atoms with Crippen LogP contribution < -0.4 is 10.6 Å². The van der Waals surface area contributed by atoms with Gasteiger partial charge in [-0.25, -0.2) is 4.79 Å². The summed E-state index contributed by atoms with van der Waals surface area (Å²) in [4.78, 5) is 16.3. The second-order valence-corrected chi connectivity index (χ2v) is 5.69. The summed E-state index contributed by atoms with van der Waals surface area (Å²) >= 11 is 5.91. The molecule has 1 aromatic heterocycles. The lowest BCUT2D eigenvalue weighted by Gasteiger charge is -2.10. The van der Waals surface area contributed by atoms with Gasteiger partial charge in [0.05, 0.1) is 0 Å². The lowest BCUT2D eigenvalue weighted by Crippen LogP contribution is -2.19. The van der Waals surface area contributed by atoms with Crippen molar-refractivity contribution in [2.75, 3.05) is 10.6 Å². The number of rotatable bonds is 3. The Labute approximate surface area is 143 Å². The van der Waals surface area contributed by atoms with Crippen molar-refractivity contribution in [3.63, 3.8) is 0 Å². The number of hydrogen-bond donors (Lipinski definition) is 2. The summed E-state index contributed by atoms with van der Waals surface area (Å²) in [7, 11) is 0. The van der Waals surface area contributed by atoms with Gasteiger partial charge in [0, 0.05) is 28.9 Å². The largest absolute Gasteiger partial charge is 0.339 e. The number of amides is 2. The van der Waals surface area contributed by atoms with E-state index < -0.39 is 0 Å². The molecule has 122 valence electrons. The highest BCUT2D eigenvalue weighted by atomic mass is 35.5. The third-order valence-electron chi connectivity index (χ3n) is 3.34. The Morgan fingerprint density at radius 1 is 1.12 bits per heavy atom. The predicted molar refractivity (Wildman–Crippen MR) is 93.3 cm³/mol. The molecule has 7 heteroatoms. The van der Waals surface area contributed by atoms with Crippen LogP contribution >= 0.6 is 11.6 Å². The number of carbonyl (C=O) groups is 1. The average Bonchev–Trinajstić information content (AvgIpc) is 2.97. The van der Waals surface area contributed by atoms with E-state index >= 15 is 0 Å². The van der Waals surface area contributed by atoms with Crippen molar-refractivity contribution in [3.8, 4) is 11.4 Å². The Bertz CT molecular complexity index is 892. The van der Waals surface area contributed by atoms with E-state index in [-0.39, 0.29) is 6.03 Å². The summed E-state index contributed by atoms with van der Waals surface area (Å²) in [6, 6.07) is 12.1. The van der Waals surface area contributed by atoms with Gasteiger partial charge in [0.2, 0.25) is 11.7 Å². The first-order chi connectivity index (χ1) is 11.5. The molecular weight excluding hydrogens is 328 g/mol. The van der Waals surface area contributed by atoms with Crippen LogP contribution in [-0.4, -0.2) is 16.2 Å². The summed E-state index contributed by atoms with van der Waals surface area (Å²) in [6.07, 6.45) is 0. The second-order valence-electron chi connectivity index (χ2n) is 5.26. The maximum atomic E-state index is 12.2. The maximum absolute atomic E-state index is 12.2. The first-order valence-electron chi connectivity index (χ1n) is 7.26. The molecule has 0 aliphatic carbocycles. The van der Waals surface area contributed by atoms with Gasteiger partial charge in [0.1, 0.15) is 0 Å². The molecule has 24 heavy (non-hydrogen) atoms. The summed E-state index contributed by atoms with van der Waals surface area (Å²) in [5, 5.41) is 10.1. The molecular formula is C17H15ClN4O2. The van der Waals surface area contributed by atoms with Crippen molar-refractivity contribution in [1.82, 2.24) is 10.1 Å². The van der Waals surface area contributed by atoms with Crippen molar-refractivity contribution < 1.29 is 9.32 Å². The first-order valence-corrected chi connectivity index (χ1v) is 7.64. The molecule has 3 rings (SSSR count). The van der Waals surface area contributed by atoms with E-state index in [9.17, 15) is 4.79 Å². The van der Waals surface area contributed by atoms with Crippen LogP contribution in [0.1, 0.15) is 11.5 Å². The van der Waals surface area contributed by atoms with Crippen LogP contribution in [0.15, 0.2) is 47.0 Å². The quantitative estimate of drug-likeness (QED) is 0.726. The first kappa shape index (κ1) is 16.0. The van der Waals surface area contributed by atoms with Gasteiger partial charge in [-0.15, -0.1) is 0 Å². The number of aryl methyl sites for hydroxylation is 2. The molecule has 0 bridgehead atoms. The van der Waals surface area contributed by atoms with Crippen molar-refractivity contribution in [2.24, 2.45) is 0 Å². The van der Waals surface area contributed by atoms with Gasteiger partial charge in [-0.2, -0.15) is 4.98 Å². The SMILES string of the molecule is Cc1nc(-c2cccc(NC(=O)Nc3ccc(Cl)cc3C)c2)no1. The number of nitrogens with zero attached hydrogens (tertiary/aromatic N) is 2. The number of hydrogen-bond acceptors (Lipinski definition) is 4. The molecule has 0 atom stereocenters. The Morgan fingerprint density at radius 3 is 2.67 bits per heavy atom. The highest BCUT2D eigenvalue weighted by Crippen LogP contribution is 2.22. The summed E-state index contributed by atoms with van der Waals surface area (Å²) in [5.41, 5.74) is 2.96. The lowest BCUT2D eigenvalue weighted by atomic mass is 10.2. The van der Waals surface area contributed by atoms with Crippen LogP contribution in [0.25, 0.3) is 11.4 Å². The zero-order chi connectivity index (χ0) is 17.1. The van der Waals surface area contributed by atoms with Crippen LogP contribution in [0.5, 0.6) is 0 Å². The summed E-state index contributed by atoms with van der Waals surface area (Å²) < 4.78 is 4.97. The van der Waals surface area contributed by atoms with E-state index in [0.29, 0.717) is 28.1 Å². The van der Waals surface area contributed by atoms with Crippen LogP contribution in [-0.2, 0) is 0 Å². The Kier molecular flexibility index (Phi) is 4.48. The fourth-order valence-electron chi connectivity index (χ4n) is 2.20. The zero-order valence-electron chi connectivity index (χ0n) is 13.1. The van der Waals surface area contributed by atoms with E-state index in [1.54, 1.807) is 37.3 Å². The molecule has 2 aromatic carbocycles. The Balaban J connectivity index is 1.72. The number of aromatic nitrogens is 2. The van der Waals surface area contributed by atoms with E-state index in [1.807, 2.05) is 19.1 Å². The molecule has 0 spiro atoms. The number of anilines is 2. The molecule has 2 amide bonds. The molecule has 0 unspecified atom stereocenters. The smallest absolute Gasteiger partial charge is 0.323 e. The van der Waals surface area contributed by atoms with Crippen molar-refractivity contribution in [3.05, 3.63) is 58.9 Å². The molecule has 0 aliphatic rings. The standard InChI is InChI=1S/C17H15ClN4O2/c1-10-8-13(18)6-7-15(10)21-17(23)20-14-5-3-4-12(9-14)16-19-11(2)24-22-16/h3-9H,1-2H3,(H2,20,21,23). The Morgan fingerprint density at radius 2 is 1.96 bits per heavy atom. The number of halogens is 1. The third kappa shape index (κ3) is 3.72. The van der Waals surface area contributed by atoms with Gasteiger partial charge in [-0.3, -0.25) is 0 Å². The van der Waals surface area contributed by atoms with E-state index in [4.69, 9.17) is 16.1 Å².